The Morgan fingerprint density at radius 2 is 0.843 bits per heavy atom. The molecule has 2 aromatic heterocycles. The number of thiophene rings is 1. The van der Waals surface area contributed by atoms with Gasteiger partial charge in [-0.25, -0.2) is 0 Å². The number of aromatic nitrogens is 1. The van der Waals surface area contributed by atoms with E-state index in [0.717, 1.165) is 16.9 Å². The van der Waals surface area contributed by atoms with Crippen LogP contribution >= 0.6 is 11.3 Å². The van der Waals surface area contributed by atoms with E-state index in [2.05, 4.69) is 198 Å². The molecule has 0 atom stereocenters. The molecular formula is C48H32N2S. The van der Waals surface area contributed by atoms with Gasteiger partial charge in [0.25, 0.3) is 0 Å². The summed E-state index contributed by atoms with van der Waals surface area (Å²) in [7, 11) is 0. The van der Waals surface area contributed by atoms with Crippen molar-refractivity contribution in [2.45, 2.75) is 0 Å². The fourth-order valence-electron chi connectivity index (χ4n) is 7.59. The van der Waals surface area contributed by atoms with E-state index in [0.29, 0.717) is 0 Å². The minimum absolute atomic E-state index is 1.12. The van der Waals surface area contributed by atoms with Gasteiger partial charge in [-0.2, -0.15) is 0 Å². The van der Waals surface area contributed by atoms with Crippen molar-refractivity contribution >= 4 is 70.4 Å². The third kappa shape index (κ3) is 5.01. The Balaban J connectivity index is 1.16. The van der Waals surface area contributed by atoms with Crippen molar-refractivity contribution in [3.8, 4) is 33.4 Å². The monoisotopic (exact) mass is 668 g/mol. The molecule has 240 valence electrons. The number of hydrogen-bond donors (Lipinski definition) is 1. The van der Waals surface area contributed by atoms with Crippen molar-refractivity contribution in [2.24, 2.45) is 0 Å². The molecule has 51 heavy (non-hydrogen) atoms. The number of nitrogens with zero attached hydrogens (tertiary/aromatic N) is 1. The summed E-state index contributed by atoms with van der Waals surface area (Å²) in [5, 5.41) is 5.06. The number of hydrogen-bond acceptors (Lipinski definition) is 2. The van der Waals surface area contributed by atoms with Gasteiger partial charge in [0.15, 0.2) is 0 Å². The van der Waals surface area contributed by atoms with Gasteiger partial charge in [-0.05, 0) is 58.7 Å². The molecule has 0 saturated carbocycles. The van der Waals surface area contributed by atoms with E-state index in [-0.39, 0.29) is 0 Å². The van der Waals surface area contributed by atoms with E-state index in [4.69, 9.17) is 0 Å². The van der Waals surface area contributed by atoms with Gasteiger partial charge in [-0.15, -0.1) is 11.3 Å². The van der Waals surface area contributed by atoms with Crippen LogP contribution < -0.4 is 4.90 Å². The number of fused-ring (bicyclic) bond motifs is 6. The van der Waals surface area contributed by atoms with Gasteiger partial charge < -0.3 is 9.88 Å². The second-order valence-electron chi connectivity index (χ2n) is 13.0. The van der Waals surface area contributed by atoms with Crippen LogP contribution in [-0.2, 0) is 0 Å². The van der Waals surface area contributed by atoms with Crippen molar-refractivity contribution in [1.29, 1.82) is 0 Å². The lowest BCUT2D eigenvalue weighted by Crippen LogP contribution is -2.10. The van der Waals surface area contributed by atoms with Crippen LogP contribution in [0.2, 0.25) is 0 Å². The summed E-state index contributed by atoms with van der Waals surface area (Å²) >= 11 is 1.89. The molecule has 0 fully saturated rings. The number of para-hydroxylation sites is 2. The minimum atomic E-state index is 1.12. The number of rotatable bonds is 6. The molecule has 10 aromatic rings. The second kappa shape index (κ2) is 12.2. The van der Waals surface area contributed by atoms with Crippen LogP contribution in [0.4, 0.5) is 17.1 Å². The van der Waals surface area contributed by atoms with E-state index in [9.17, 15) is 0 Å². The number of nitrogens with one attached hydrogen (secondary N) is 1. The molecule has 0 spiro atoms. The lowest BCUT2D eigenvalue weighted by molar-refractivity contribution is 1.30. The number of benzene rings is 8. The van der Waals surface area contributed by atoms with Crippen LogP contribution in [-0.4, -0.2) is 4.98 Å². The highest BCUT2D eigenvalue weighted by Crippen LogP contribution is 2.48. The predicted molar refractivity (Wildman–Crippen MR) is 220 cm³/mol. The Bertz CT molecular complexity index is 2750. The van der Waals surface area contributed by atoms with E-state index < -0.39 is 0 Å². The average Bonchev–Trinajstić information content (AvgIpc) is 3.79. The first-order chi connectivity index (χ1) is 25.3. The van der Waals surface area contributed by atoms with Crippen molar-refractivity contribution in [3.05, 3.63) is 188 Å². The molecule has 0 unspecified atom stereocenters. The second-order valence-corrected chi connectivity index (χ2v) is 14.0. The molecule has 0 amide bonds. The predicted octanol–water partition coefficient (Wildman–Crippen LogP) is 14.2. The fraction of sp³-hybridized carbons (Fsp3) is 0. The molecule has 0 saturated heterocycles. The highest BCUT2D eigenvalue weighted by atomic mass is 32.1. The lowest BCUT2D eigenvalue weighted by Gasteiger charge is -2.26. The molecule has 0 aliphatic carbocycles. The molecule has 0 aliphatic rings. The van der Waals surface area contributed by atoms with Gasteiger partial charge in [-0.1, -0.05) is 152 Å². The maximum Gasteiger partial charge on any atom is 0.0640 e. The van der Waals surface area contributed by atoms with Crippen molar-refractivity contribution in [1.82, 2.24) is 4.98 Å². The van der Waals surface area contributed by atoms with Crippen LogP contribution in [0.25, 0.3) is 75.4 Å². The summed E-state index contributed by atoms with van der Waals surface area (Å²) < 4.78 is 2.56. The summed E-state index contributed by atoms with van der Waals surface area (Å²) in [5.74, 6) is 0. The van der Waals surface area contributed by atoms with Crippen molar-refractivity contribution in [2.75, 3.05) is 4.90 Å². The molecule has 8 aromatic carbocycles. The van der Waals surface area contributed by atoms with Crippen LogP contribution in [0, 0.1) is 0 Å². The number of anilines is 3. The van der Waals surface area contributed by atoms with Crippen LogP contribution in [0.5, 0.6) is 0 Å². The van der Waals surface area contributed by atoms with Crippen LogP contribution in [0.15, 0.2) is 188 Å². The van der Waals surface area contributed by atoms with E-state index in [1.54, 1.807) is 0 Å². The van der Waals surface area contributed by atoms with Gasteiger partial charge >= 0.3 is 0 Å². The standard InChI is InChI=1S/C48H32N2S/c1-3-12-32(13-4-1)34-24-28-36(29-25-34)50(37-30-26-35(27-31-37)33-14-5-2-6-15-33)45-23-11-21-43-42-20-10-19-41(47(42)51-48(43)45)40-18-9-17-39-38-16-7-8-22-44(38)49-46(39)40/h1-31,49H. The molecule has 2 heterocycles. The van der Waals surface area contributed by atoms with Crippen molar-refractivity contribution < 1.29 is 0 Å². The van der Waals surface area contributed by atoms with E-state index in [1.807, 2.05) is 11.3 Å². The molecule has 0 aliphatic heterocycles. The summed E-state index contributed by atoms with van der Waals surface area (Å²) in [5.41, 5.74) is 13.1. The summed E-state index contributed by atoms with van der Waals surface area (Å²) in [6, 6.07) is 67.9. The minimum Gasteiger partial charge on any atom is -0.354 e. The van der Waals surface area contributed by atoms with Crippen LogP contribution in [0.3, 0.4) is 0 Å². The first-order valence-corrected chi connectivity index (χ1v) is 18.2. The molecule has 3 heteroatoms. The number of H-pyrrole nitrogens is 1. The zero-order chi connectivity index (χ0) is 33.7. The van der Waals surface area contributed by atoms with Crippen molar-refractivity contribution in [3.63, 3.8) is 0 Å². The molecule has 1 N–H and O–H groups in total. The van der Waals surface area contributed by atoms with Gasteiger partial charge in [0.2, 0.25) is 0 Å². The Labute approximate surface area is 300 Å². The zero-order valence-electron chi connectivity index (χ0n) is 27.8. The first kappa shape index (κ1) is 29.5. The van der Waals surface area contributed by atoms with Crippen LogP contribution in [0.1, 0.15) is 0 Å². The fourth-order valence-corrected chi connectivity index (χ4v) is 8.92. The molecule has 0 radical (unpaired) electrons. The summed E-state index contributed by atoms with van der Waals surface area (Å²) in [6.07, 6.45) is 0. The molecule has 2 nitrogen and oxygen atoms in total. The third-order valence-electron chi connectivity index (χ3n) is 10.0. The number of aromatic amines is 1. The molecular weight excluding hydrogens is 637 g/mol. The quantitative estimate of drug-likeness (QED) is 0.187. The highest BCUT2D eigenvalue weighted by molar-refractivity contribution is 7.27. The average molecular weight is 669 g/mol. The van der Waals surface area contributed by atoms with Gasteiger partial charge in [0.05, 0.1) is 15.9 Å². The third-order valence-corrected chi connectivity index (χ3v) is 11.3. The molecule has 10 rings (SSSR count). The highest BCUT2D eigenvalue weighted by Gasteiger charge is 2.20. The summed E-state index contributed by atoms with van der Waals surface area (Å²) in [4.78, 5) is 6.16. The molecule has 0 bridgehead atoms. The Morgan fingerprint density at radius 1 is 0.353 bits per heavy atom. The largest absolute Gasteiger partial charge is 0.354 e. The smallest absolute Gasteiger partial charge is 0.0640 e. The maximum absolute atomic E-state index is 3.75. The SMILES string of the molecule is c1ccc(-c2ccc(N(c3ccc(-c4ccccc4)cc3)c3cccc4c3sc3c(-c5cccc6c5[nH]c5ccccc56)cccc34)cc2)cc1. The Hall–Kier alpha value is -6.42. The topological polar surface area (TPSA) is 19.0 Å². The lowest BCUT2D eigenvalue weighted by atomic mass is 10.00. The summed E-state index contributed by atoms with van der Waals surface area (Å²) in [6.45, 7) is 0. The van der Waals surface area contributed by atoms with E-state index >= 15 is 0 Å². The zero-order valence-corrected chi connectivity index (χ0v) is 28.6. The van der Waals surface area contributed by atoms with Gasteiger partial charge in [-0.3, -0.25) is 0 Å². The van der Waals surface area contributed by atoms with E-state index in [1.165, 1.54) is 75.5 Å². The normalized spacial score (nSPS) is 11.5. The Morgan fingerprint density at radius 3 is 1.49 bits per heavy atom. The van der Waals surface area contributed by atoms with Gasteiger partial charge in [0, 0.05) is 54.3 Å². The first-order valence-electron chi connectivity index (χ1n) is 17.4. The Kier molecular flexibility index (Phi) is 7.04. The van der Waals surface area contributed by atoms with Gasteiger partial charge in [0.1, 0.15) is 0 Å². The maximum atomic E-state index is 3.75.